The zero-order chi connectivity index (χ0) is 23.3. The van der Waals surface area contributed by atoms with Gasteiger partial charge in [0.05, 0.1) is 15.6 Å². The molecule has 0 aliphatic heterocycles. The summed E-state index contributed by atoms with van der Waals surface area (Å²) in [6.45, 7) is 4.02. The third kappa shape index (κ3) is 6.14. The molecule has 8 heteroatoms. The molecule has 3 aromatic rings. The molecule has 0 atom stereocenters. The first kappa shape index (κ1) is 23.9. The van der Waals surface area contributed by atoms with Crippen LogP contribution >= 0.6 is 22.9 Å². The highest BCUT2D eigenvalue weighted by Crippen LogP contribution is 2.23. The quantitative estimate of drug-likeness (QED) is 0.283. The van der Waals surface area contributed by atoms with Gasteiger partial charge in [-0.3, -0.25) is 14.4 Å². The van der Waals surface area contributed by atoms with Gasteiger partial charge in [-0.2, -0.15) is 0 Å². The highest BCUT2D eigenvalue weighted by atomic mass is 35.5. The Morgan fingerprint density at radius 1 is 1.03 bits per heavy atom. The van der Waals surface area contributed by atoms with Crippen LogP contribution < -0.4 is 0 Å². The number of ketones is 2. The van der Waals surface area contributed by atoms with Gasteiger partial charge in [-0.25, -0.2) is 4.39 Å². The number of aryl methyl sites for hydroxylation is 2. The van der Waals surface area contributed by atoms with Gasteiger partial charge in [0.1, 0.15) is 5.82 Å². The maximum atomic E-state index is 13.1. The average molecular weight is 476 g/mol. The zero-order valence-corrected chi connectivity index (χ0v) is 19.4. The van der Waals surface area contributed by atoms with Crippen LogP contribution in [0.3, 0.4) is 0 Å². The molecule has 2 aromatic heterocycles. The van der Waals surface area contributed by atoms with Gasteiger partial charge in [-0.15, -0.1) is 11.3 Å². The van der Waals surface area contributed by atoms with E-state index in [1.54, 1.807) is 30.3 Å². The van der Waals surface area contributed by atoms with E-state index in [1.165, 1.54) is 12.1 Å². The molecule has 1 aromatic carbocycles. The minimum atomic E-state index is -0.598. The van der Waals surface area contributed by atoms with Crippen molar-refractivity contribution in [2.75, 3.05) is 6.61 Å². The maximum Gasteiger partial charge on any atom is 0.306 e. The molecule has 168 valence electrons. The largest absolute Gasteiger partial charge is 0.457 e. The van der Waals surface area contributed by atoms with Crippen LogP contribution in [0.5, 0.6) is 0 Å². The highest BCUT2D eigenvalue weighted by Gasteiger charge is 2.18. The molecule has 0 saturated heterocycles. The predicted molar refractivity (Wildman–Crippen MR) is 122 cm³/mol. The summed E-state index contributed by atoms with van der Waals surface area (Å²) in [6.07, 6.45) is 0.600. The molecule has 0 radical (unpaired) electrons. The second-order valence-electron chi connectivity index (χ2n) is 7.42. The van der Waals surface area contributed by atoms with Crippen molar-refractivity contribution in [3.8, 4) is 0 Å². The van der Waals surface area contributed by atoms with Crippen molar-refractivity contribution in [1.82, 2.24) is 4.57 Å². The molecule has 0 aliphatic rings. The van der Waals surface area contributed by atoms with Crippen LogP contribution in [0.25, 0.3) is 0 Å². The van der Waals surface area contributed by atoms with E-state index < -0.39 is 5.97 Å². The first-order valence-corrected chi connectivity index (χ1v) is 11.3. The van der Waals surface area contributed by atoms with Crippen LogP contribution in [0.15, 0.2) is 42.5 Å². The molecule has 5 nitrogen and oxygen atoms in total. The molecule has 0 amide bonds. The summed E-state index contributed by atoms with van der Waals surface area (Å²) < 4.78 is 20.7. The Labute approximate surface area is 194 Å². The number of benzene rings is 1. The molecule has 32 heavy (non-hydrogen) atoms. The van der Waals surface area contributed by atoms with Gasteiger partial charge in [0.2, 0.25) is 5.78 Å². The van der Waals surface area contributed by atoms with E-state index in [-0.39, 0.29) is 36.8 Å². The van der Waals surface area contributed by atoms with Crippen molar-refractivity contribution in [1.29, 1.82) is 0 Å². The fraction of sp³-hybridized carbons (Fsp3) is 0.292. The van der Waals surface area contributed by atoms with Crippen LogP contribution in [0.4, 0.5) is 4.39 Å². The number of carbonyl (C=O) groups excluding carboxylic acids is 3. The molecule has 0 fully saturated rings. The van der Waals surface area contributed by atoms with E-state index in [0.29, 0.717) is 27.7 Å². The number of aromatic nitrogens is 1. The van der Waals surface area contributed by atoms with E-state index >= 15 is 0 Å². The van der Waals surface area contributed by atoms with Crippen LogP contribution in [0.1, 0.15) is 49.8 Å². The van der Waals surface area contributed by atoms with Crippen molar-refractivity contribution >= 4 is 40.5 Å². The number of halogens is 2. The number of hydrogen-bond donors (Lipinski definition) is 0. The fourth-order valence-corrected chi connectivity index (χ4v) is 4.43. The predicted octanol–water partition coefficient (Wildman–Crippen LogP) is 5.59. The first-order chi connectivity index (χ1) is 15.2. The van der Waals surface area contributed by atoms with Gasteiger partial charge < -0.3 is 9.30 Å². The Morgan fingerprint density at radius 2 is 1.75 bits per heavy atom. The van der Waals surface area contributed by atoms with Crippen molar-refractivity contribution in [2.45, 2.75) is 39.7 Å². The van der Waals surface area contributed by atoms with Gasteiger partial charge in [0, 0.05) is 29.9 Å². The summed E-state index contributed by atoms with van der Waals surface area (Å²) in [5, 5.41) is 0. The summed E-state index contributed by atoms with van der Waals surface area (Å²) in [4.78, 5) is 37.1. The molecule has 0 spiro atoms. The van der Waals surface area contributed by atoms with Crippen molar-refractivity contribution in [2.24, 2.45) is 0 Å². The molecule has 3 rings (SSSR count). The summed E-state index contributed by atoms with van der Waals surface area (Å²) >= 11 is 6.98. The van der Waals surface area contributed by atoms with Gasteiger partial charge >= 0.3 is 5.97 Å². The monoisotopic (exact) mass is 475 g/mol. The van der Waals surface area contributed by atoms with Gasteiger partial charge in [-0.05, 0) is 56.2 Å². The molecular formula is C24H23ClFNO4S. The van der Waals surface area contributed by atoms with Gasteiger partial charge in [0.15, 0.2) is 12.4 Å². The fourth-order valence-electron chi connectivity index (χ4n) is 3.42. The van der Waals surface area contributed by atoms with Crippen LogP contribution in [-0.4, -0.2) is 28.7 Å². The van der Waals surface area contributed by atoms with Gasteiger partial charge in [0.25, 0.3) is 0 Å². The van der Waals surface area contributed by atoms with Crippen LogP contribution in [-0.2, 0) is 22.5 Å². The average Bonchev–Trinajstić information content (AvgIpc) is 3.33. The minimum Gasteiger partial charge on any atom is -0.457 e. The molecule has 0 unspecified atom stereocenters. The van der Waals surface area contributed by atoms with Crippen molar-refractivity contribution < 1.29 is 23.5 Å². The van der Waals surface area contributed by atoms with Crippen LogP contribution in [0, 0.1) is 19.7 Å². The van der Waals surface area contributed by atoms with Crippen molar-refractivity contribution in [3.63, 3.8) is 0 Å². The van der Waals surface area contributed by atoms with E-state index in [2.05, 4.69) is 0 Å². The number of thiophene rings is 1. The Bertz CT molecular complexity index is 1130. The second-order valence-corrected chi connectivity index (χ2v) is 9.14. The maximum absolute atomic E-state index is 13.1. The summed E-state index contributed by atoms with van der Waals surface area (Å²) in [6, 6.07) is 11.4. The SMILES string of the molecule is Cc1cc(C(=O)COC(=O)CCC(=O)c2ccc(Cl)s2)c(C)n1CCc1ccc(F)cc1. The van der Waals surface area contributed by atoms with Gasteiger partial charge in [-0.1, -0.05) is 23.7 Å². The summed E-state index contributed by atoms with van der Waals surface area (Å²) in [5.41, 5.74) is 3.20. The standard InChI is InChI=1S/C24H23ClFNO4S/c1-15-13-19(16(2)27(15)12-11-17-3-5-18(26)6-4-17)21(29)14-31-24(30)10-7-20(28)22-8-9-23(25)32-22/h3-6,8-9,13H,7,10-12,14H2,1-2H3. The zero-order valence-electron chi connectivity index (χ0n) is 17.8. The first-order valence-electron chi connectivity index (χ1n) is 10.1. The van der Waals surface area contributed by atoms with Crippen molar-refractivity contribution in [3.05, 3.63) is 80.0 Å². The molecule has 0 N–H and O–H groups in total. The molecule has 0 aliphatic carbocycles. The lowest BCUT2D eigenvalue weighted by Crippen LogP contribution is -2.16. The Hall–Kier alpha value is -2.77. The number of nitrogens with zero attached hydrogens (tertiary/aromatic N) is 1. The molecule has 2 heterocycles. The number of rotatable bonds is 10. The second kappa shape index (κ2) is 10.7. The van der Waals surface area contributed by atoms with E-state index in [0.717, 1.165) is 28.3 Å². The summed E-state index contributed by atoms with van der Waals surface area (Å²) in [5.74, 6) is -1.35. The lowest BCUT2D eigenvalue weighted by atomic mass is 10.1. The lowest BCUT2D eigenvalue weighted by Gasteiger charge is -2.10. The summed E-state index contributed by atoms with van der Waals surface area (Å²) in [7, 11) is 0. The number of Topliss-reactive ketones (excluding diaryl/α,β-unsaturated/α-hetero) is 2. The van der Waals surface area contributed by atoms with E-state index in [9.17, 15) is 18.8 Å². The van der Waals surface area contributed by atoms with E-state index in [4.69, 9.17) is 16.3 Å². The Balaban J connectivity index is 1.51. The minimum absolute atomic E-state index is 0.00175. The Morgan fingerprint density at radius 3 is 2.41 bits per heavy atom. The normalized spacial score (nSPS) is 10.9. The topological polar surface area (TPSA) is 65.4 Å². The molecule has 0 bridgehead atoms. The number of esters is 1. The number of ether oxygens (including phenoxy) is 1. The number of hydrogen-bond acceptors (Lipinski definition) is 5. The Kier molecular flexibility index (Phi) is 7.99. The molecule has 0 saturated carbocycles. The lowest BCUT2D eigenvalue weighted by molar-refractivity contribution is -0.142. The molecular weight excluding hydrogens is 453 g/mol. The number of carbonyl (C=O) groups is 3. The van der Waals surface area contributed by atoms with E-state index in [1.807, 2.05) is 18.4 Å². The third-order valence-corrected chi connectivity index (χ3v) is 6.45. The highest BCUT2D eigenvalue weighted by molar-refractivity contribution is 7.18. The third-order valence-electron chi connectivity index (χ3n) is 5.18. The smallest absolute Gasteiger partial charge is 0.306 e. The van der Waals surface area contributed by atoms with Crippen LogP contribution in [0.2, 0.25) is 4.34 Å².